The van der Waals surface area contributed by atoms with Crippen molar-refractivity contribution in [3.8, 4) is 5.75 Å². The van der Waals surface area contributed by atoms with Crippen LogP contribution in [0, 0.1) is 5.92 Å². The largest absolute Gasteiger partial charge is 0.497 e. The Kier molecular flexibility index (Phi) is 4.12. The van der Waals surface area contributed by atoms with Crippen molar-refractivity contribution < 1.29 is 4.74 Å². The third-order valence-corrected chi connectivity index (χ3v) is 3.94. The van der Waals surface area contributed by atoms with E-state index in [-0.39, 0.29) is 0 Å². The maximum Gasteiger partial charge on any atom is 0.120 e. The molecule has 2 atom stereocenters. The molecule has 100 valence electrons. The summed E-state index contributed by atoms with van der Waals surface area (Å²) in [5.41, 5.74) is 8.31. The van der Waals surface area contributed by atoms with Crippen LogP contribution < -0.4 is 15.4 Å². The molecule has 1 aliphatic heterocycles. The third kappa shape index (κ3) is 2.61. The number of rotatable bonds is 3. The molecule has 1 aliphatic rings. The molecule has 0 spiro atoms. The Hall–Kier alpha value is -1.22. The molecule has 1 aromatic rings. The van der Waals surface area contributed by atoms with E-state index in [9.17, 15) is 0 Å². The van der Waals surface area contributed by atoms with Gasteiger partial charge in [0.05, 0.1) is 7.11 Å². The molecule has 0 aliphatic carbocycles. The summed E-state index contributed by atoms with van der Waals surface area (Å²) >= 11 is 0. The zero-order valence-corrected chi connectivity index (χ0v) is 11.6. The lowest BCUT2D eigenvalue weighted by Gasteiger charge is -2.39. The minimum Gasteiger partial charge on any atom is -0.497 e. The molecule has 3 nitrogen and oxygen atoms in total. The second-order valence-corrected chi connectivity index (χ2v) is 5.38. The Morgan fingerprint density at radius 2 is 2.11 bits per heavy atom. The molecule has 0 saturated carbocycles. The van der Waals surface area contributed by atoms with Gasteiger partial charge in [-0.05, 0) is 37.3 Å². The van der Waals surface area contributed by atoms with Crippen molar-refractivity contribution >= 4 is 5.69 Å². The highest BCUT2D eigenvalue weighted by Crippen LogP contribution is 2.32. The van der Waals surface area contributed by atoms with Crippen LogP contribution in [0.1, 0.15) is 32.3 Å². The summed E-state index contributed by atoms with van der Waals surface area (Å²) in [6.45, 7) is 6.31. The highest BCUT2D eigenvalue weighted by atomic mass is 16.5. The van der Waals surface area contributed by atoms with E-state index in [1.807, 2.05) is 6.07 Å². The maximum atomic E-state index is 5.86. The van der Waals surface area contributed by atoms with Crippen molar-refractivity contribution in [1.82, 2.24) is 0 Å². The zero-order valence-electron chi connectivity index (χ0n) is 11.6. The first-order valence-electron chi connectivity index (χ1n) is 6.79. The number of ether oxygens (including phenoxy) is 1. The van der Waals surface area contributed by atoms with Crippen LogP contribution in [0.5, 0.6) is 5.75 Å². The van der Waals surface area contributed by atoms with E-state index in [1.54, 1.807) is 7.11 Å². The second-order valence-electron chi connectivity index (χ2n) is 5.38. The fourth-order valence-electron chi connectivity index (χ4n) is 2.73. The van der Waals surface area contributed by atoms with Gasteiger partial charge in [-0.1, -0.05) is 13.0 Å². The van der Waals surface area contributed by atoms with E-state index >= 15 is 0 Å². The number of piperidine rings is 1. The van der Waals surface area contributed by atoms with Gasteiger partial charge in [0.1, 0.15) is 5.75 Å². The van der Waals surface area contributed by atoms with Crippen molar-refractivity contribution in [2.75, 3.05) is 18.6 Å². The Balaban J connectivity index is 2.34. The average molecular weight is 248 g/mol. The number of benzene rings is 1. The SMILES string of the molecule is COc1ccc(CN)c(N2CC(C)CCC2C)c1. The number of hydrogen-bond donors (Lipinski definition) is 1. The van der Waals surface area contributed by atoms with Crippen LogP contribution in [0.2, 0.25) is 0 Å². The van der Waals surface area contributed by atoms with Gasteiger partial charge in [0.25, 0.3) is 0 Å². The highest BCUT2D eigenvalue weighted by Gasteiger charge is 2.24. The van der Waals surface area contributed by atoms with E-state index in [4.69, 9.17) is 10.5 Å². The second kappa shape index (κ2) is 5.61. The minimum atomic E-state index is 0.580. The third-order valence-electron chi connectivity index (χ3n) is 3.94. The lowest BCUT2D eigenvalue weighted by Crippen LogP contribution is -2.41. The molecule has 1 fully saturated rings. The summed E-state index contributed by atoms with van der Waals surface area (Å²) in [5.74, 6) is 1.66. The molecular formula is C15H24N2O. The monoisotopic (exact) mass is 248 g/mol. The topological polar surface area (TPSA) is 38.5 Å². The summed E-state index contributed by atoms with van der Waals surface area (Å²) in [4.78, 5) is 2.48. The first kappa shape index (κ1) is 13.2. The van der Waals surface area contributed by atoms with Gasteiger partial charge in [-0.15, -0.1) is 0 Å². The van der Waals surface area contributed by atoms with Crippen LogP contribution in [0.25, 0.3) is 0 Å². The fraction of sp³-hybridized carbons (Fsp3) is 0.600. The zero-order chi connectivity index (χ0) is 13.1. The van der Waals surface area contributed by atoms with E-state index < -0.39 is 0 Å². The Morgan fingerprint density at radius 3 is 2.78 bits per heavy atom. The minimum absolute atomic E-state index is 0.580. The van der Waals surface area contributed by atoms with Gasteiger partial charge < -0.3 is 15.4 Å². The van der Waals surface area contributed by atoms with Gasteiger partial charge >= 0.3 is 0 Å². The smallest absolute Gasteiger partial charge is 0.120 e. The van der Waals surface area contributed by atoms with Crippen LogP contribution in [0.3, 0.4) is 0 Å². The first-order valence-corrected chi connectivity index (χ1v) is 6.79. The van der Waals surface area contributed by atoms with E-state index in [0.717, 1.165) is 18.2 Å². The van der Waals surface area contributed by atoms with Crippen molar-refractivity contribution in [3.05, 3.63) is 23.8 Å². The van der Waals surface area contributed by atoms with E-state index in [0.29, 0.717) is 12.6 Å². The predicted molar refractivity (Wildman–Crippen MR) is 76.1 cm³/mol. The predicted octanol–water partition coefficient (Wildman–Crippen LogP) is 2.78. The molecule has 0 bridgehead atoms. The molecule has 1 aromatic carbocycles. The number of methoxy groups -OCH3 is 1. The normalized spacial score (nSPS) is 24.1. The first-order chi connectivity index (χ1) is 8.65. The molecule has 0 aromatic heterocycles. The Labute approximate surface area is 110 Å². The van der Waals surface area contributed by atoms with Gasteiger partial charge in [0, 0.05) is 30.9 Å². The summed E-state index contributed by atoms with van der Waals surface area (Å²) in [7, 11) is 1.71. The summed E-state index contributed by atoms with van der Waals surface area (Å²) in [5, 5.41) is 0. The lowest BCUT2D eigenvalue weighted by molar-refractivity contribution is 0.387. The number of nitrogens with two attached hydrogens (primary N) is 1. The van der Waals surface area contributed by atoms with Crippen LogP contribution >= 0.6 is 0 Å². The number of nitrogens with zero attached hydrogens (tertiary/aromatic N) is 1. The molecule has 2 N–H and O–H groups in total. The van der Waals surface area contributed by atoms with Crippen molar-refractivity contribution in [1.29, 1.82) is 0 Å². The van der Waals surface area contributed by atoms with Crippen molar-refractivity contribution in [2.45, 2.75) is 39.3 Å². The summed E-state index contributed by atoms with van der Waals surface area (Å²) < 4.78 is 5.34. The van der Waals surface area contributed by atoms with Crippen LogP contribution in [0.15, 0.2) is 18.2 Å². The van der Waals surface area contributed by atoms with Crippen LogP contribution in [-0.2, 0) is 6.54 Å². The standard InChI is InChI=1S/C15H24N2O/c1-11-4-5-12(2)17(10-11)15-8-14(18-3)7-6-13(15)9-16/h6-8,11-12H,4-5,9-10,16H2,1-3H3. The molecule has 0 amide bonds. The van der Waals surface area contributed by atoms with Crippen molar-refractivity contribution in [3.63, 3.8) is 0 Å². The van der Waals surface area contributed by atoms with Crippen LogP contribution in [-0.4, -0.2) is 19.7 Å². The molecule has 1 heterocycles. The Morgan fingerprint density at radius 1 is 1.33 bits per heavy atom. The number of anilines is 1. The van der Waals surface area contributed by atoms with Gasteiger partial charge in [-0.25, -0.2) is 0 Å². The number of hydrogen-bond acceptors (Lipinski definition) is 3. The summed E-state index contributed by atoms with van der Waals surface area (Å²) in [6.07, 6.45) is 2.57. The molecule has 1 saturated heterocycles. The summed E-state index contributed by atoms with van der Waals surface area (Å²) in [6, 6.07) is 6.78. The maximum absolute atomic E-state index is 5.86. The van der Waals surface area contributed by atoms with Gasteiger partial charge in [0.15, 0.2) is 0 Å². The Bertz CT molecular complexity index is 405. The van der Waals surface area contributed by atoms with E-state index in [2.05, 4.69) is 30.9 Å². The molecule has 0 radical (unpaired) electrons. The lowest BCUT2D eigenvalue weighted by atomic mass is 9.93. The highest BCUT2D eigenvalue weighted by molar-refractivity contribution is 5.58. The molecule has 3 heteroatoms. The van der Waals surface area contributed by atoms with Gasteiger partial charge in [-0.3, -0.25) is 0 Å². The van der Waals surface area contributed by atoms with Crippen molar-refractivity contribution in [2.24, 2.45) is 11.7 Å². The average Bonchev–Trinajstić information content (AvgIpc) is 2.40. The quantitative estimate of drug-likeness (QED) is 0.894. The molecule has 2 rings (SSSR count). The van der Waals surface area contributed by atoms with Crippen LogP contribution in [0.4, 0.5) is 5.69 Å². The fourth-order valence-corrected chi connectivity index (χ4v) is 2.73. The van der Waals surface area contributed by atoms with Gasteiger partial charge in [-0.2, -0.15) is 0 Å². The molecule has 2 unspecified atom stereocenters. The van der Waals surface area contributed by atoms with E-state index in [1.165, 1.54) is 24.1 Å². The van der Waals surface area contributed by atoms with Gasteiger partial charge in [0.2, 0.25) is 0 Å². The molecular weight excluding hydrogens is 224 g/mol. The molecule has 18 heavy (non-hydrogen) atoms.